The first-order valence-corrected chi connectivity index (χ1v) is 8.64. The van der Waals surface area contributed by atoms with Gasteiger partial charge in [0.2, 0.25) is 0 Å². The van der Waals surface area contributed by atoms with Gasteiger partial charge in [0.1, 0.15) is 5.82 Å². The number of halogens is 1. The summed E-state index contributed by atoms with van der Waals surface area (Å²) in [7, 11) is 3.92. The van der Waals surface area contributed by atoms with Crippen molar-refractivity contribution < 1.29 is 9.18 Å². The van der Waals surface area contributed by atoms with Gasteiger partial charge in [-0.05, 0) is 49.9 Å². The standard InChI is InChI=1S/C16H17FN4OS2/c1-21(2)12(13-4-3-5-24-13)8-18-15(22)10-6-9(17)7-11-14(10)20-16(23)19-11/h3-7,12H,8H2,1-2H3,(H,18,22)(H2,19,20,23). The van der Waals surface area contributed by atoms with Crippen molar-refractivity contribution in [2.75, 3.05) is 20.6 Å². The predicted molar refractivity (Wildman–Crippen MR) is 96.5 cm³/mol. The molecule has 0 saturated heterocycles. The summed E-state index contributed by atoms with van der Waals surface area (Å²) in [6.07, 6.45) is 0. The van der Waals surface area contributed by atoms with Crippen molar-refractivity contribution in [2.45, 2.75) is 6.04 Å². The topological polar surface area (TPSA) is 63.9 Å². The van der Waals surface area contributed by atoms with Crippen LogP contribution in [0.25, 0.3) is 11.0 Å². The first-order chi connectivity index (χ1) is 11.5. The number of thiophene rings is 1. The molecule has 2 heterocycles. The molecular weight excluding hydrogens is 347 g/mol. The minimum atomic E-state index is -0.486. The lowest BCUT2D eigenvalue weighted by atomic mass is 10.1. The summed E-state index contributed by atoms with van der Waals surface area (Å²) >= 11 is 6.66. The summed E-state index contributed by atoms with van der Waals surface area (Å²) in [6, 6.07) is 6.60. The number of amides is 1. The molecule has 1 atom stereocenters. The number of rotatable bonds is 5. The SMILES string of the molecule is CN(C)C(CNC(=O)c1cc(F)cc2[nH]c(=S)[nH]c12)c1cccs1. The summed E-state index contributed by atoms with van der Waals surface area (Å²) in [5.41, 5.74) is 1.23. The monoisotopic (exact) mass is 364 g/mol. The molecular formula is C16H17FN4OS2. The minimum absolute atomic E-state index is 0.0581. The molecule has 126 valence electrons. The first kappa shape index (κ1) is 16.8. The van der Waals surface area contributed by atoms with Crippen LogP contribution >= 0.6 is 23.6 Å². The van der Waals surface area contributed by atoms with Gasteiger partial charge in [-0.1, -0.05) is 6.07 Å². The zero-order valence-corrected chi connectivity index (χ0v) is 14.9. The Labute approximate surface area is 147 Å². The fourth-order valence-corrected chi connectivity index (χ4v) is 3.72. The molecule has 3 N–H and O–H groups in total. The van der Waals surface area contributed by atoms with Gasteiger partial charge in [0.25, 0.3) is 5.91 Å². The minimum Gasteiger partial charge on any atom is -0.350 e. The zero-order chi connectivity index (χ0) is 17.3. The number of fused-ring (bicyclic) bond motifs is 1. The third-order valence-electron chi connectivity index (χ3n) is 3.79. The molecule has 0 saturated carbocycles. The number of hydrogen-bond acceptors (Lipinski definition) is 4. The summed E-state index contributed by atoms with van der Waals surface area (Å²) in [4.78, 5) is 21.5. The number of nitrogens with zero attached hydrogens (tertiary/aromatic N) is 1. The van der Waals surface area contributed by atoms with E-state index in [1.54, 1.807) is 11.3 Å². The molecule has 2 aromatic heterocycles. The number of likely N-dealkylation sites (N-methyl/N-ethyl adjacent to an activating group) is 1. The highest BCUT2D eigenvalue weighted by Crippen LogP contribution is 2.23. The molecule has 5 nitrogen and oxygen atoms in total. The first-order valence-electron chi connectivity index (χ1n) is 7.35. The largest absolute Gasteiger partial charge is 0.350 e. The highest BCUT2D eigenvalue weighted by atomic mass is 32.1. The van der Waals surface area contributed by atoms with Crippen LogP contribution in [0, 0.1) is 10.6 Å². The third kappa shape index (κ3) is 3.40. The van der Waals surface area contributed by atoms with E-state index in [1.165, 1.54) is 12.1 Å². The van der Waals surface area contributed by atoms with E-state index >= 15 is 0 Å². The summed E-state index contributed by atoms with van der Waals surface area (Å²) in [5.74, 6) is -0.825. The lowest BCUT2D eigenvalue weighted by Gasteiger charge is -2.23. The van der Waals surface area contributed by atoms with Gasteiger partial charge in [0.15, 0.2) is 4.77 Å². The Hall–Kier alpha value is -2.03. The van der Waals surface area contributed by atoms with Gasteiger partial charge in [0.05, 0.1) is 22.6 Å². The van der Waals surface area contributed by atoms with Crippen LogP contribution in [-0.4, -0.2) is 41.4 Å². The Bertz CT molecular complexity index is 914. The van der Waals surface area contributed by atoms with Crippen molar-refractivity contribution in [1.82, 2.24) is 20.2 Å². The number of carbonyl (C=O) groups excluding carboxylic acids is 1. The smallest absolute Gasteiger partial charge is 0.253 e. The number of aromatic nitrogens is 2. The third-order valence-corrected chi connectivity index (χ3v) is 4.96. The number of H-pyrrole nitrogens is 2. The maximum atomic E-state index is 13.8. The van der Waals surface area contributed by atoms with Crippen LogP contribution < -0.4 is 5.32 Å². The van der Waals surface area contributed by atoms with Gasteiger partial charge < -0.3 is 20.2 Å². The molecule has 8 heteroatoms. The average Bonchev–Trinajstić information content (AvgIpc) is 3.14. The van der Waals surface area contributed by atoms with Crippen molar-refractivity contribution in [3.63, 3.8) is 0 Å². The maximum Gasteiger partial charge on any atom is 0.253 e. The van der Waals surface area contributed by atoms with E-state index in [-0.39, 0.29) is 17.5 Å². The van der Waals surface area contributed by atoms with E-state index in [0.717, 1.165) is 4.88 Å². The van der Waals surface area contributed by atoms with Crippen molar-refractivity contribution in [2.24, 2.45) is 0 Å². The Morgan fingerprint density at radius 1 is 1.42 bits per heavy atom. The second-order valence-electron chi connectivity index (χ2n) is 5.66. The van der Waals surface area contributed by atoms with E-state index in [2.05, 4.69) is 15.3 Å². The van der Waals surface area contributed by atoms with Gasteiger partial charge in [0, 0.05) is 11.4 Å². The quantitative estimate of drug-likeness (QED) is 0.608. The molecule has 0 aliphatic rings. The van der Waals surface area contributed by atoms with Gasteiger partial charge >= 0.3 is 0 Å². The van der Waals surface area contributed by atoms with E-state index in [4.69, 9.17) is 12.2 Å². The fourth-order valence-electron chi connectivity index (χ4n) is 2.59. The van der Waals surface area contributed by atoms with Crippen molar-refractivity contribution in [1.29, 1.82) is 0 Å². The normalized spacial score (nSPS) is 12.7. The van der Waals surface area contributed by atoms with Gasteiger partial charge in [-0.15, -0.1) is 11.3 Å². The van der Waals surface area contributed by atoms with Gasteiger partial charge in [-0.2, -0.15) is 0 Å². The highest BCUT2D eigenvalue weighted by molar-refractivity contribution is 7.71. The van der Waals surface area contributed by atoms with E-state index < -0.39 is 5.82 Å². The molecule has 1 unspecified atom stereocenters. The second-order valence-corrected chi connectivity index (χ2v) is 7.05. The van der Waals surface area contributed by atoms with Gasteiger partial charge in [-0.3, -0.25) is 4.79 Å². The Balaban J connectivity index is 1.83. The van der Waals surface area contributed by atoms with Crippen molar-refractivity contribution >= 4 is 40.5 Å². The number of carbonyl (C=O) groups is 1. The summed E-state index contributed by atoms with van der Waals surface area (Å²) in [5, 5.41) is 4.89. The van der Waals surface area contributed by atoms with Crippen molar-refractivity contribution in [3.8, 4) is 0 Å². The maximum absolute atomic E-state index is 13.8. The van der Waals surface area contributed by atoms with E-state index in [1.807, 2.05) is 36.5 Å². The fraction of sp³-hybridized carbons (Fsp3) is 0.250. The molecule has 0 radical (unpaired) electrons. The molecule has 1 aromatic carbocycles. The molecule has 1 amide bonds. The van der Waals surface area contributed by atoms with Crippen LogP contribution in [-0.2, 0) is 0 Å². The summed E-state index contributed by atoms with van der Waals surface area (Å²) < 4.78 is 14.1. The molecule has 0 bridgehead atoms. The molecule has 0 spiro atoms. The lowest BCUT2D eigenvalue weighted by Crippen LogP contribution is -2.34. The van der Waals surface area contributed by atoms with Crippen LogP contribution in [0.5, 0.6) is 0 Å². The molecule has 0 aliphatic heterocycles. The Morgan fingerprint density at radius 3 is 2.88 bits per heavy atom. The number of aromatic amines is 2. The number of nitrogens with one attached hydrogen (secondary N) is 3. The molecule has 0 fully saturated rings. The Morgan fingerprint density at radius 2 is 2.21 bits per heavy atom. The van der Waals surface area contributed by atoms with Crippen LogP contribution in [0.3, 0.4) is 0 Å². The summed E-state index contributed by atoms with van der Waals surface area (Å²) in [6.45, 7) is 0.426. The molecule has 24 heavy (non-hydrogen) atoms. The molecule has 3 aromatic rings. The van der Waals surface area contributed by atoms with Crippen LogP contribution in [0.2, 0.25) is 0 Å². The second kappa shape index (κ2) is 6.84. The van der Waals surface area contributed by atoms with Crippen molar-refractivity contribution in [3.05, 3.63) is 50.7 Å². The molecule has 0 aliphatic carbocycles. The number of benzene rings is 1. The lowest BCUT2D eigenvalue weighted by molar-refractivity contribution is 0.0943. The van der Waals surface area contributed by atoms with Crippen LogP contribution in [0.4, 0.5) is 4.39 Å². The van der Waals surface area contributed by atoms with Crippen LogP contribution in [0.1, 0.15) is 21.3 Å². The Kier molecular flexibility index (Phi) is 4.79. The molecule has 3 rings (SSSR count). The van der Waals surface area contributed by atoms with E-state index in [0.29, 0.717) is 22.3 Å². The zero-order valence-electron chi connectivity index (χ0n) is 13.2. The number of hydrogen-bond donors (Lipinski definition) is 3. The highest BCUT2D eigenvalue weighted by Gasteiger charge is 2.19. The number of imidazole rings is 1. The van der Waals surface area contributed by atoms with Gasteiger partial charge in [-0.25, -0.2) is 4.39 Å². The average molecular weight is 364 g/mol. The van der Waals surface area contributed by atoms with E-state index in [9.17, 15) is 9.18 Å². The van der Waals surface area contributed by atoms with Crippen LogP contribution in [0.15, 0.2) is 29.6 Å². The predicted octanol–water partition coefficient (Wildman–Crippen LogP) is 3.46.